The van der Waals surface area contributed by atoms with Gasteiger partial charge in [-0.2, -0.15) is 13.2 Å². The molecular formula is C20H21F3N2O2. The Balaban J connectivity index is 2.34. The monoisotopic (exact) mass is 378 g/mol. The van der Waals surface area contributed by atoms with Crippen LogP contribution in [0.15, 0.2) is 53.0 Å². The summed E-state index contributed by atoms with van der Waals surface area (Å²) in [5.41, 5.74) is -0.496. The lowest BCUT2D eigenvalue weighted by Crippen LogP contribution is -2.41. The molecule has 0 amide bonds. The number of pyridine rings is 1. The summed E-state index contributed by atoms with van der Waals surface area (Å²) in [5, 5.41) is 3.19. The van der Waals surface area contributed by atoms with Crippen molar-refractivity contribution in [1.29, 1.82) is 0 Å². The predicted molar refractivity (Wildman–Crippen MR) is 97.7 cm³/mol. The van der Waals surface area contributed by atoms with Gasteiger partial charge in [-0.1, -0.05) is 13.0 Å². The highest BCUT2D eigenvalue weighted by Crippen LogP contribution is 2.43. The van der Waals surface area contributed by atoms with Crippen molar-refractivity contribution < 1.29 is 17.9 Å². The fourth-order valence-electron chi connectivity index (χ4n) is 3.20. The molecule has 3 rings (SSSR count). The number of aromatic nitrogens is 1. The quantitative estimate of drug-likeness (QED) is 0.877. The minimum Gasteiger partial charge on any atom is -0.483 e. The van der Waals surface area contributed by atoms with Gasteiger partial charge in [0.2, 0.25) is 0 Å². The van der Waals surface area contributed by atoms with Crippen LogP contribution in [0.4, 0.5) is 13.2 Å². The van der Waals surface area contributed by atoms with Gasteiger partial charge in [-0.25, -0.2) is 0 Å². The Morgan fingerprint density at radius 3 is 2.56 bits per heavy atom. The molecule has 0 atom stereocenters. The van der Waals surface area contributed by atoms with Crippen molar-refractivity contribution in [3.63, 3.8) is 0 Å². The second kappa shape index (κ2) is 6.88. The molecule has 0 bridgehead atoms. The SMILES string of the molecule is CCNCC1=C(n2ccccc2=O)c2cc(C(F)(F)F)ccc2OC1(C)C. The molecule has 2 aromatic rings. The van der Waals surface area contributed by atoms with Crippen molar-refractivity contribution >= 4 is 5.70 Å². The van der Waals surface area contributed by atoms with E-state index in [0.717, 1.165) is 12.1 Å². The summed E-state index contributed by atoms with van der Waals surface area (Å²) in [7, 11) is 0. The largest absolute Gasteiger partial charge is 0.483 e. The van der Waals surface area contributed by atoms with Gasteiger partial charge < -0.3 is 10.1 Å². The Labute approximate surface area is 155 Å². The Hall–Kier alpha value is -2.54. The first-order chi connectivity index (χ1) is 12.6. The van der Waals surface area contributed by atoms with E-state index in [1.54, 1.807) is 18.3 Å². The molecule has 0 saturated heterocycles. The number of nitrogens with zero attached hydrogens (tertiary/aromatic N) is 1. The highest BCUT2D eigenvalue weighted by Gasteiger charge is 2.38. The molecule has 0 fully saturated rings. The van der Waals surface area contributed by atoms with Crippen LogP contribution in [0.1, 0.15) is 31.9 Å². The van der Waals surface area contributed by atoms with Crippen LogP contribution in [0.5, 0.6) is 5.75 Å². The van der Waals surface area contributed by atoms with Crippen LogP contribution in [0.3, 0.4) is 0 Å². The van der Waals surface area contributed by atoms with E-state index in [0.29, 0.717) is 30.1 Å². The van der Waals surface area contributed by atoms with Crippen molar-refractivity contribution in [3.8, 4) is 5.75 Å². The normalized spacial score (nSPS) is 16.1. The molecule has 0 unspecified atom stereocenters. The average molecular weight is 378 g/mol. The van der Waals surface area contributed by atoms with Crippen molar-refractivity contribution in [2.45, 2.75) is 32.5 Å². The summed E-state index contributed by atoms with van der Waals surface area (Å²) in [6, 6.07) is 8.02. The van der Waals surface area contributed by atoms with E-state index in [2.05, 4.69) is 5.32 Å². The van der Waals surface area contributed by atoms with Gasteiger partial charge in [-0.15, -0.1) is 0 Å². The Bertz CT molecular complexity index is 943. The van der Waals surface area contributed by atoms with Crippen LogP contribution < -0.4 is 15.6 Å². The lowest BCUT2D eigenvalue weighted by molar-refractivity contribution is -0.137. The molecule has 0 spiro atoms. The second-order valence-electron chi connectivity index (χ2n) is 6.84. The number of hydrogen-bond acceptors (Lipinski definition) is 3. The Kier molecular flexibility index (Phi) is 4.90. The van der Waals surface area contributed by atoms with Crippen molar-refractivity contribution in [1.82, 2.24) is 9.88 Å². The van der Waals surface area contributed by atoms with Crippen LogP contribution in [0.2, 0.25) is 0 Å². The van der Waals surface area contributed by atoms with E-state index in [4.69, 9.17) is 4.74 Å². The summed E-state index contributed by atoms with van der Waals surface area (Å²) in [5.74, 6) is 0.319. The van der Waals surface area contributed by atoms with Gasteiger partial charge in [0, 0.05) is 29.9 Å². The molecule has 1 N–H and O–H groups in total. The van der Waals surface area contributed by atoms with E-state index in [1.807, 2.05) is 20.8 Å². The van der Waals surface area contributed by atoms with Crippen LogP contribution in [0.25, 0.3) is 5.70 Å². The van der Waals surface area contributed by atoms with Gasteiger partial charge in [0.25, 0.3) is 5.56 Å². The number of nitrogens with one attached hydrogen (secondary N) is 1. The molecule has 1 aromatic heterocycles. The number of likely N-dealkylation sites (N-methyl/N-ethyl adjacent to an activating group) is 1. The third-order valence-corrected chi connectivity index (χ3v) is 4.55. The molecule has 4 nitrogen and oxygen atoms in total. The van der Waals surface area contributed by atoms with Crippen LogP contribution in [-0.4, -0.2) is 23.3 Å². The molecule has 1 aromatic carbocycles. The van der Waals surface area contributed by atoms with Crippen LogP contribution in [0, 0.1) is 0 Å². The molecule has 144 valence electrons. The number of ether oxygens (including phenoxy) is 1. The Morgan fingerprint density at radius 1 is 1.19 bits per heavy atom. The first-order valence-corrected chi connectivity index (χ1v) is 8.68. The Morgan fingerprint density at radius 2 is 1.93 bits per heavy atom. The second-order valence-corrected chi connectivity index (χ2v) is 6.84. The maximum Gasteiger partial charge on any atom is 0.416 e. The number of hydrogen-bond donors (Lipinski definition) is 1. The number of benzene rings is 1. The van der Waals surface area contributed by atoms with Gasteiger partial charge in [-0.3, -0.25) is 9.36 Å². The summed E-state index contributed by atoms with van der Waals surface area (Å²) < 4.78 is 47.2. The van der Waals surface area contributed by atoms with Crippen molar-refractivity contribution in [3.05, 3.63) is 69.6 Å². The first kappa shape index (κ1) is 19.2. The van der Waals surface area contributed by atoms with E-state index in [1.165, 1.54) is 16.7 Å². The molecule has 1 aliphatic rings. The van der Waals surface area contributed by atoms with Gasteiger partial charge in [-0.05, 0) is 44.7 Å². The summed E-state index contributed by atoms with van der Waals surface area (Å²) >= 11 is 0. The highest BCUT2D eigenvalue weighted by molar-refractivity contribution is 5.77. The predicted octanol–water partition coefficient (Wildman–Crippen LogP) is 3.91. The van der Waals surface area contributed by atoms with Gasteiger partial charge in [0.1, 0.15) is 11.4 Å². The average Bonchev–Trinajstić information content (AvgIpc) is 2.58. The van der Waals surface area contributed by atoms with Crippen LogP contribution in [-0.2, 0) is 6.18 Å². The topological polar surface area (TPSA) is 43.3 Å². The number of rotatable bonds is 4. The summed E-state index contributed by atoms with van der Waals surface area (Å²) in [4.78, 5) is 12.5. The molecular weight excluding hydrogens is 357 g/mol. The molecule has 2 heterocycles. The minimum absolute atomic E-state index is 0.255. The van der Waals surface area contributed by atoms with Gasteiger partial charge >= 0.3 is 6.18 Å². The third kappa shape index (κ3) is 3.64. The van der Waals surface area contributed by atoms with E-state index in [9.17, 15) is 18.0 Å². The first-order valence-electron chi connectivity index (χ1n) is 8.68. The lowest BCUT2D eigenvalue weighted by Gasteiger charge is -2.37. The fourth-order valence-corrected chi connectivity index (χ4v) is 3.20. The molecule has 0 aliphatic carbocycles. The van der Waals surface area contributed by atoms with E-state index >= 15 is 0 Å². The minimum atomic E-state index is -4.49. The van der Waals surface area contributed by atoms with Gasteiger partial charge in [0.15, 0.2) is 0 Å². The highest BCUT2D eigenvalue weighted by atomic mass is 19.4. The maximum atomic E-state index is 13.3. The number of alkyl halides is 3. The summed E-state index contributed by atoms with van der Waals surface area (Å²) in [6.07, 6.45) is -2.92. The molecule has 0 saturated carbocycles. The number of fused-ring (bicyclic) bond motifs is 1. The van der Waals surface area contributed by atoms with Crippen molar-refractivity contribution in [2.24, 2.45) is 0 Å². The van der Waals surface area contributed by atoms with Gasteiger partial charge in [0.05, 0.1) is 11.3 Å². The van der Waals surface area contributed by atoms with Crippen LogP contribution >= 0.6 is 0 Å². The molecule has 1 aliphatic heterocycles. The third-order valence-electron chi connectivity index (χ3n) is 4.55. The molecule has 0 radical (unpaired) electrons. The lowest BCUT2D eigenvalue weighted by atomic mass is 9.88. The maximum absolute atomic E-state index is 13.3. The van der Waals surface area contributed by atoms with E-state index in [-0.39, 0.29) is 11.1 Å². The zero-order chi connectivity index (χ0) is 19.8. The smallest absolute Gasteiger partial charge is 0.416 e. The fraction of sp³-hybridized carbons (Fsp3) is 0.350. The molecule has 7 heteroatoms. The standard InChI is InChI=1S/C20H21F3N2O2/c1-4-24-12-15-18(25-10-6-5-7-17(25)26)14-11-13(20(21,22)23)8-9-16(14)27-19(15,2)3/h5-11,24H,4,12H2,1-3H3. The van der Waals surface area contributed by atoms with E-state index < -0.39 is 17.3 Å². The number of halogens is 3. The zero-order valence-electron chi connectivity index (χ0n) is 15.4. The molecule has 27 heavy (non-hydrogen) atoms. The summed E-state index contributed by atoms with van der Waals surface area (Å²) in [6.45, 7) is 6.67. The van der Waals surface area contributed by atoms with Crippen molar-refractivity contribution in [2.75, 3.05) is 13.1 Å². The zero-order valence-corrected chi connectivity index (χ0v) is 15.4.